The first kappa shape index (κ1) is 8.13. The number of hydrogen-bond donors (Lipinski definition) is 2. The smallest absolute Gasteiger partial charge is 0.207 e. The summed E-state index contributed by atoms with van der Waals surface area (Å²) in [5.74, 6) is 0.862. The summed E-state index contributed by atoms with van der Waals surface area (Å²) in [5, 5.41) is 3.60. The number of rotatable bonds is 5. The third kappa shape index (κ3) is 3.08. The third-order valence-corrected chi connectivity index (χ3v) is 2.00. The fraction of sp³-hybridized carbons (Fsp3) is 0.333. The number of H-pyrrole nitrogens is 1. The molecule has 0 aliphatic heterocycles. The van der Waals surface area contributed by atoms with Gasteiger partial charge in [-0.1, -0.05) is 0 Å². The molecule has 4 nitrogen and oxygen atoms in total. The average Bonchev–Trinajstić information content (AvgIpc) is 2.50. The van der Waals surface area contributed by atoms with Crippen molar-refractivity contribution in [2.24, 2.45) is 0 Å². The Labute approximate surface area is 68.8 Å². The van der Waals surface area contributed by atoms with Crippen molar-refractivity contribution in [2.45, 2.75) is 5.03 Å². The van der Waals surface area contributed by atoms with Gasteiger partial charge in [-0.05, 0) is 0 Å². The maximum Gasteiger partial charge on any atom is 0.207 e. The molecule has 1 aromatic heterocycles. The second kappa shape index (κ2) is 4.79. The van der Waals surface area contributed by atoms with Crippen LogP contribution >= 0.6 is 11.8 Å². The van der Waals surface area contributed by atoms with Crippen LogP contribution in [0.4, 0.5) is 0 Å². The van der Waals surface area contributed by atoms with E-state index in [1.54, 1.807) is 24.3 Å². The summed E-state index contributed by atoms with van der Waals surface area (Å²) in [6.45, 7) is 0.688. The second-order valence-corrected chi connectivity index (χ2v) is 2.97. The normalized spacial score (nSPS) is 9.45. The standard InChI is InChI=1S/C6H9N3OS/c10-5-7-1-2-11-6-3-8-4-9-6/h3-5H,1-2H2,(H,7,10)(H,8,9). The van der Waals surface area contributed by atoms with Gasteiger partial charge in [0.05, 0.1) is 17.6 Å². The van der Waals surface area contributed by atoms with Gasteiger partial charge < -0.3 is 10.3 Å². The molecule has 60 valence electrons. The Morgan fingerprint density at radius 2 is 2.73 bits per heavy atom. The number of carbonyl (C=O) groups excluding carboxylic acids is 1. The van der Waals surface area contributed by atoms with Crippen molar-refractivity contribution in [1.82, 2.24) is 15.3 Å². The van der Waals surface area contributed by atoms with Crippen LogP contribution in [0.15, 0.2) is 17.6 Å². The molecule has 0 aromatic carbocycles. The summed E-state index contributed by atoms with van der Waals surface area (Å²) >= 11 is 1.63. The van der Waals surface area contributed by atoms with Crippen LogP contribution in [0.2, 0.25) is 0 Å². The molecule has 0 unspecified atom stereocenters. The first-order valence-corrected chi connectivity index (χ1v) is 4.20. The van der Waals surface area contributed by atoms with Gasteiger partial charge in [0.1, 0.15) is 0 Å². The number of thioether (sulfide) groups is 1. The number of amides is 1. The predicted octanol–water partition coefficient (Wildman–Crippen LogP) is 0.248. The summed E-state index contributed by atoms with van der Waals surface area (Å²) in [6, 6.07) is 0. The van der Waals surface area contributed by atoms with Crippen LogP contribution in [0, 0.1) is 0 Å². The largest absolute Gasteiger partial charge is 0.358 e. The summed E-state index contributed by atoms with van der Waals surface area (Å²) in [6.07, 6.45) is 4.09. The summed E-state index contributed by atoms with van der Waals surface area (Å²) < 4.78 is 0. The maximum atomic E-state index is 9.83. The van der Waals surface area contributed by atoms with E-state index in [1.807, 2.05) is 0 Å². The van der Waals surface area contributed by atoms with Gasteiger partial charge in [0.25, 0.3) is 0 Å². The lowest BCUT2D eigenvalue weighted by atomic mass is 10.8. The predicted molar refractivity (Wildman–Crippen MR) is 43.4 cm³/mol. The number of nitrogens with zero attached hydrogens (tertiary/aromatic N) is 1. The minimum absolute atomic E-state index is 0.688. The minimum atomic E-state index is 0.688. The van der Waals surface area contributed by atoms with E-state index in [0.29, 0.717) is 13.0 Å². The Morgan fingerprint density at radius 1 is 1.82 bits per heavy atom. The monoisotopic (exact) mass is 171 g/mol. The molecule has 0 atom stereocenters. The Hall–Kier alpha value is -0.970. The van der Waals surface area contributed by atoms with Crippen molar-refractivity contribution in [3.63, 3.8) is 0 Å². The molecule has 11 heavy (non-hydrogen) atoms. The Bertz CT molecular complexity index is 200. The molecule has 5 heteroatoms. The molecule has 0 spiro atoms. The minimum Gasteiger partial charge on any atom is -0.358 e. The van der Waals surface area contributed by atoms with E-state index in [-0.39, 0.29) is 0 Å². The van der Waals surface area contributed by atoms with Gasteiger partial charge in [-0.3, -0.25) is 4.79 Å². The molecule has 0 saturated carbocycles. The molecule has 1 aromatic rings. The zero-order chi connectivity index (χ0) is 7.94. The van der Waals surface area contributed by atoms with Crippen molar-refractivity contribution < 1.29 is 4.79 Å². The average molecular weight is 171 g/mol. The van der Waals surface area contributed by atoms with Crippen molar-refractivity contribution in [1.29, 1.82) is 0 Å². The number of aromatic amines is 1. The van der Waals surface area contributed by atoms with Gasteiger partial charge >= 0.3 is 0 Å². The number of imidazole rings is 1. The summed E-state index contributed by atoms with van der Waals surface area (Å²) in [5.41, 5.74) is 0. The maximum absolute atomic E-state index is 9.83. The van der Waals surface area contributed by atoms with Crippen LogP contribution < -0.4 is 5.32 Å². The highest BCUT2D eigenvalue weighted by Gasteiger charge is 1.92. The molecule has 0 aliphatic rings. The van der Waals surface area contributed by atoms with Crippen LogP contribution in [-0.4, -0.2) is 28.7 Å². The Kier molecular flexibility index (Phi) is 3.54. The number of nitrogens with one attached hydrogen (secondary N) is 2. The van der Waals surface area contributed by atoms with E-state index in [9.17, 15) is 4.79 Å². The molecule has 0 bridgehead atoms. The highest BCUT2D eigenvalue weighted by Crippen LogP contribution is 2.11. The molecular weight excluding hydrogens is 162 g/mol. The van der Waals surface area contributed by atoms with Crippen molar-refractivity contribution in [3.8, 4) is 0 Å². The van der Waals surface area contributed by atoms with Gasteiger partial charge in [-0.25, -0.2) is 4.98 Å². The molecule has 0 fully saturated rings. The van der Waals surface area contributed by atoms with Crippen LogP contribution in [0.5, 0.6) is 0 Å². The van der Waals surface area contributed by atoms with E-state index in [2.05, 4.69) is 15.3 Å². The van der Waals surface area contributed by atoms with Crippen LogP contribution in [-0.2, 0) is 4.79 Å². The van der Waals surface area contributed by atoms with E-state index in [4.69, 9.17) is 0 Å². The Balaban J connectivity index is 2.09. The number of hydrogen-bond acceptors (Lipinski definition) is 3. The quantitative estimate of drug-likeness (QED) is 0.379. The molecular formula is C6H9N3OS. The topological polar surface area (TPSA) is 57.8 Å². The molecule has 2 N–H and O–H groups in total. The SMILES string of the molecule is O=CNCCSc1cnc[nH]1. The summed E-state index contributed by atoms with van der Waals surface area (Å²) in [7, 11) is 0. The van der Waals surface area contributed by atoms with Gasteiger partial charge in [-0.15, -0.1) is 11.8 Å². The second-order valence-electron chi connectivity index (χ2n) is 1.84. The molecule has 0 radical (unpaired) electrons. The lowest BCUT2D eigenvalue weighted by molar-refractivity contribution is -0.109. The lowest BCUT2D eigenvalue weighted by Crippen LogP contribution is -2.13. The first-order valence-electron chi connectivity index (χ1n) is 3.21. The molecule has 0 aliphatic carbocycles. The first-order chi connectivity index (χ1) is 5.43. The Morgan fingerprint density at radius 3 is 3.36 bits per heavy atom. The number of aromatic nitrogens is 2. The molecule has 0 saturated heterocycles. The van der Waals surface area contributed by atoms with Crippen LogP contribution in [0.3, 0.4) is 0 Å². The van der Waals surface area contributed by atoms with Gasteiger partial charge in [0.15, 0.2) is 0 Å². The van der Waals surface area contributed by atoms with Gasteiger partial charge in [-0.2, -0.15) is 0 Å². The van der Waals surface area contributed by atoms with E-state index in [0.717, 1.165) is 10.8 Å². The summed E-state index contributed by atoms with van der Waals surface area (Å²) in [4.78, 5) is 16.6. The zero-order valence-corrected chi connectivity index (χ0v) is 6.73. The zero-order valence-electron chi connectivity index (χ0n) is 5.91. The van der Waals surface area contributed by atoms with Crippen molar-refractivity contribution in [2.75, 3.05) is 12.3 Å². The highest BCUT2D eigenvalue weighted by atomic mass is 32.2. The fourth-order valence-corrected chi connectivity index (χ4v) is 1.31. The number of carbonyl (C=O) groups is 1. The fourth-order valence-electron chi connectivity index (χ4n) is 0.601. The van der Waals surface area contributed by atoms with Gasteiger partial charge in [0, 0.05) is 12.3 Å². The third-order valence-electron chi connectivity index (χ3n) is 1.06. The van der Waals surface area contributed by atoms with Crippen molar-refractivity contribution in [3.05, 3.63) is 12.5 Å². The highest BCUT2D eigenvalue weighted by molar-refractivity contribution is 7.99. The van der Waals surface area contributed by atoms with E-state index >= 15 is 0 Å². The molecule has 1 heterocycles. The lowest BCUT2D eigenvalue weighted by Gasteiger charge is -1.95. The van der Waals surface area contributed by atoms with E-state index in [1.165, 1.54) is 0 Å². The van der Waals surface area contributed by atoms with E-state index < -0.39 is 0 Å². The van der Waals surface area contributed by atoms with Crippen LogP contribution in [0.25, 0.3) is 0 Å². The molecule has 1 amide bonds. The molecule has 1 rings (SSSR count). The van der Waals surface area contributed by atoms with Crippen molar-refractivity contribution >= 4 is 18.2 Å². The van der Waals surface area contributed by atoms with Gasteiger partial charge in [0.2, 0.25) is 6.41 Å². The van der Waals surface area contributed by atoms with Crippen LogP contribution in [0.1, 0.15) is 0 Å².